The Bertz CT molecular complexity index is 448. The summed E-state index contributed by atoms with van der Waals surface area (Å²) in [6.07, 6.45) is 2.22. The summed E-state index contributed by atoms with van der Waals surface area (Å²) >= 11 is 0. The molecular formula is C13H21N3O2. The van der Waals surface area contributed by atoms with E-state index in [2.05, 4.69) is 18.7 Å². The monoisotopic (exact) mass is 251 g/mol. The topological polar surface area (TPSA) is 60.5 Å². The Balaban J connectivity index is 1.95. The highest BCUT2D eigenvalue weighted by atomic mass is 16.5. The number of nitrogens with two attached hydrogens (primary N) is 1. The lowest BCUT2D eigenvalue weighted by atomic mass is 10.2. The van der Waals surface area contributed by atoms with Gasteiger partial charge in [-0.1, -0.05) is 0 Å². The van der Waals surface area contributed by atoms with Crippen molar-refractivity contribution in [3.05, 3.63) is 28.7 Å². The van der Waals surface area contributed by atoms with Gasteiger partial charge in [0.15, 0.2) is 0 Å². The molecule has 1 aliphatic rings. The molecule has 100 valence electrons. The fraction of sp³-hybridized carbons (Fsp3) is 0.615. The van der Waals surface area contributed by atoms with Gasteiger partial charge in [-0.25, -0.2) is 0 Å². The number of aromatic nitrogens is 1. The predicted octanol–water partition coefficient (Wildman–Crippen LogP) is 0.540. The minimum absolute atomic E-state index is 0.00134. The van der Waals surface area contributed by atoms with E-state index in [1.165, 1.54) is 6.07 Å². The van der Waals surface area contributed by atoms with E-state index in [1.807, 2.05) is 0 Å². The van der Waals surface area contributed by atoms with Crippen LogP contribution in [-0.2, 0) is 11.3 Å². The molecule has 18 heavy (non-hydrogen) atoms. The van der Waals surface area contributed by atoms with Crippen LogP contribution in [0.5, 0.6) is 0 Å². The Hall–Kier alpha value is -1.33. The summed E-state index contributed by atoms with van der Waals surface area (Å²) < 4.78 is 7.35. The number of nitrogens with zero attached hydrogens (tertiary/aromatic N) is 2. The summed E-state index contributed by atoms with van der Waals surface area (Å²) in [7, 11) is 0. The first-order chi connectivity index (χ1) is 8.54. The summed E-state index contributed by atoms with van der Waals surface area (Å²) in [6, 6.07) is 3.15. The molecule has 5 heteroatoms. The third-order valence-electron chi connectivity index (χ3n) is 3.16. The maximum Gasteiger partial charge on any atom is 0.250 e. The van der Waals surface area contributed by atoms with Gasteiger partial charge in [0.2, 0.25) is 0 Å². The Morgan fingerprint density at radius 2 is 1.94 bits per heavy atom. The molecule has 0 aliphatic carbocycles. The van der Waals surface area contributed by atoms with Gasteiger partial charge < -0.3 is 15.0 Å². The van der Waals surface area contributed by atoms with E-state index in [9.17, 15) is 4.79 Å². The molecule has 1 fully saturated rings. The van der Waals surface area contributed by atoms with Crippen molar-refractivity contribution >= 4 is 5.69 Å². The van der Waals surface area contributed by atoms with Crippen LogP contribution in [0.15, 0.2) is 23.1 Å². The first-order valence-corrected chi connectivity index (χ1v) is 6.38. The molecular weight excluding hydrogens is 230 g/mol. The van der Waals surface area contributed by atoms with Gasteiger partial charge >= 0.3 is 0 Å². The summed E-state index contributed by atoms with van der Waals surface area (Å²) in [5.74, 6) is 0. The highest BCUT2D eigenvalue weighted by molar-refractivity contribution is 5.33. The molecule has 0 saturated carbocycles. The molecule has 0 amide bonds. The molecule has 0 radical (unpaired) electrons. The number of anilines is 1. The zero-order valence-electron chi connectivity index (χ0n) is 11.0. The third kappa shape index (κ3) is 3.34. The molecule has 2 N–H and O–H groups in total. The highest BCUT2D eigenvalue weighted by Crippen LogP contribution is 2.10. The van der Waals surface area contributed by atoms with Crippen LogP contribution in [0.2, 0.25) is 0 Å². The number of pyridine rings is 1. The fourth-order valence-electron chi connectivity index (χ4n) is 2.44. The first kappa shape index (κ1) is 13.1. The zero-order valence-corrected chi connectivity index (χ0v) is 11.0. The SMILES string of the molecule is CC1CN(CCn2cc(N)ccc2=O)CC(C)O1. The molecule has 2 unspecified atom stereocenters. The summed E-state index contributed by atoms with van der Waals surface area (Å²) in [4.78, 5) is 14.0. The van der Waals surface area contributed by atoms with Crippen molar-refractivity contribution in [2.24, 2.45) is 0 Å². The summed E-state index contributed by atoms with van der Waals surface area (Å²) in [5, 5.41) is 0. The Morgan fingerprint density at radius 1 is 1.28 bits per heavy atom. The summed E-state index contributed by atoms with van der Waals surface area (Å²) in [6.45, 7) is 7.51. The molecule has 0 bridgehead atoms. The summed E-state index contributed by atoms with van der Waals surface area (Å²) in [5.41, 5.74) is 6.31. The molecule has 1 aromatic rings. The Morgan fingerprint density at radius 3 is 2.61 bits per heavy atom. The lowest BCUT2D eigenvalue weighted by molar-refractivity contribution is -0.0686. The molecule has 0 aromatic carbocycles. The van der Waals surface area contributed by atoms with Gasteiger partial charge in [-0.05, 0) is 19.9 Å². The van der Waals surface area contributed by atoms with Crippen molar-refractivity contribution in [1.82, 2.24) is 9.47 Å². The number of nitrogen functional groups attached to an aromatic ring is 1. The van der Waals surface area contributed by atoms with Gasteiger partial charge in [0, 0.05) is 44.1 Å². The number of hydrogen-bond donors (Lipinski definition) is 1. The second-order valence-electron chi connectivity index (χ2n) is 5.01. The van der Waals surface area contributed by atoms with Crippen LogP contribution < -0.4 is 11.3 Å². The quantitative estimate of drug-likeness (QED) is 0.852. The van der Waals surface area contributed by atoms with Gasteiger partial charge in [-0.2, -0.15) is 0 Å². The van der Waals surface area contributed by atoms with Gasteiger partial charge in [0.1, 0.15) is 0 Å². The molecule has 5 nitrogen and oxygen atoms in total. The van der Waals surface area contributed by atoms with E-state index >= 15 is 0 Å². The van der Waals surface area contributed by atoms with Crippen LogP contribution in [0.25, 0.3) is 0 Å². The Kier molecular flexibility index (Phi) is 4.04. The van der Waals surface area contributed by atoms with Crippen LogP contribution in [0.3, 0.4) is 0 Å². The minimum Gasteiger partial charge on any atom is -0.398 e. The molecule has 0 spiro atoms. The molecule has 2 atom stereocenters. The lowest BCUT2D eigenvalue weighted by Crippen LogP contribution is -2.46. The largest absolute Gasteiger partial charge is 0.398 e. The van der Waals surface area contributed by atoms with E-state index in [-0.39, 0.29) is 17.8 Å². The van der Waals surface area contributed by atoms with Crippen LogP contribution in [0, 0.1) is 0 Å². The van der Waals surface area contributed by atoms with Crippen molar-refractivity contribution in [3.63, 3.8) is 0 Å². The minimum atomic E-state index is -0.00134. The highest BCUT2D eigenvalue weighted by Gasteiger charge is 2.21. The maximum absolute atomic E-state index is 11.6. The standard InChI is InChI=1S/C13H21N3O2/c1-10-7-15(8-11(2)18-10)5-6-16-9-12(14)3-4-13(16)17/h3-4,9-11H,5-8,14H2,1-2H3. The second kappa shape index (κ2) is 5.54. The molecule has 2 rings (SSSR count). The normalized spacial score (nSPS) is 25.2. The zero-order chi connectivity index (χ0) is 13.1. The lowest BCUT2D eigenvalue weighted by Gasteiger charge is -2.35. The van der Waals surface area contributed by atoms with Gasteiger partial charge in [0.05, 0.1) is 12.2 Å². The fourth-order valence-corrected chi connectivity index (χ4v) is 2.44. The van der Waals surface area contributed by atoms with Crippen molar-refractivity contribution < 1.29 is 4.74 Å². The van der Waals surface area contributed by atoms with Crippen LogP contribution in [0.1, 0.15) is 13.8 Å². The van der Waals surface area contributed by atoms with Crippen molar-refractivity contribution in [2.75, 3.05) is 25.4 Å². The maximum atomic E-state index is 11.6. The third-order valence-corrected chi connectivity index (χ3v) is 3.16. The average Bonchev–Trinajstić information content (AvgIpc) is 2.29. The molecule has 2 heterocycles. The van der Waals surface area contributed by atoms with Gasteiger partial charge in [-0.3, -0.25) is 9.69 Å². The molecule has 1 aromatic heterocycles. The average molecular weight is 251 g/mol. The predicted molar refractivity (Wildman–Crippen MR) is 71.6 cm³/mol. The van der Waals surface area contributed by atoms with Crippen molar-refractivity contribution in [1.29, 1.82) is 0 Å². The molecule has 1 saturated heterocycles. The first-order valence-electron chi connectivity index (χ1n) is 6.38. The van der Waals surface area contributed by atoms with Crippen molar-refractivity contribution in [2.45, 2.75) is 32.6 Å². The number of morpholine rings is 1. The smallest absolute Gasteiger partial charge is 0.250 e. The van der Waals surface area contributed by atoms with Crippen LogP contribution >= 0.6 is 0 Å². The number of ether oxygens (including phenoxy) is 1. The number of rotatable bonds is 3. The van der Waals surface area contributed by atoms with Crippen LogP contribution in [-0.4, -0.2) is 41.3 Å². The Labute approximate surface area is 107 Å². The van der Waals surface area contributed by atoms with E-state index in [0.717, 1.165) is 19.6 Å². The van der Waals surface area contributed by atoms with Crippen LogP contribution in [0.4, 0.5) is 5.69 Å². The molecule has 1 aliphatic heterocycles. The second-order valence-corrected chi connectivity index (χ2v) is 5.01. The van der Waals surface area contributed by atoms with E-state index in [4.69, 9.17) is 10.5 Å². The van der Waals surface area contributed by atoms with E-state index < -0.39 is 0 Å². The van der Waals surface area contributed by atoms with Crippen molar-refractivity contribution in [3.8, 4) is 0 Å². The van der Waals surface area contributed by atoms with Gasteiger partial charge in [-0.15, -0.1) is 0 Å². The van der Waals surface area contributed by atoms with E-state index in [1.54, 1.807) is 16.8 Å². The van der Waals surface area contributed by atoms with E-state index in [0.29, 0.717) is 12.2 Å². The number of hydrogen-bond acceptors (Lipinski definition) is 4. The van der Waals surface area contributed by atoms with Gasteiger partial charge in [0.25, 0.3) is 5.56 Å².